The molecule has 0 saturated heterocycles. The third kappa shape index (κ3) is 5.35. The van der Waals surface area contributed by atoms with Crippen molar-refractivity contribution < 1.29 is 9.53 Å². The van der Waals surface area contributed by atoms with Gasteiger partial charge in [-0.05, 0) is 42.3 Å². The van der Waals surface area contributed by atoms with Gasteiger partial charge in [0, 0.05) is 11.6 Å². The van der Waals surface area contributed by atoms with Crippen LogP contribution in [0.5, 0.6) is 5.75 Å². The van der Waals surface area contributed by atoms with Crippen LogP contribution < -0.4 is 15.4 Å². The van der Waals surface area contributed by atoms with Crippen LogP contribution in [-0.4, -0.2) is 12.5 Å². The number of rotatable bonds is 8. The largest absolute Gasteiger partial charge is 0.492 e. The van der Waals surface area contributed by atoms with Crippen LogP contribution in [0.4, 0.5) is 5.69 Å². The number of amides is 1. The van der Waals surface area contributed by atoms with Crippen molar-refractivity contribution in [2.24, 2.45) is 0 Å². The van der Waals surface area contributed by atoms with Crippen LogP contribution in [0.3, 0.4) is 0 Å². The lowest BCUT2D eigenvalue weighted by Crippen LogP contribution is -2.32. The van der Waals surface area contributed by atoms with Crippen LogP contribution in [0, 0.1) is 0 Å². The summed E-state index contributed by atoms with van der Waals surface area (Å²) < 4.78 is 5.62. The van der Waals surface area contributed by atoms with E-state index in [4.69, 9.17) is 16.3 Å². The summed E-state index contributed by atoms with van der Waals surface area (Å²) in [5.74, 6) is 0.500. The van der Waals surface area contributed by atoms with E-state index in [0.29, 0.717) is 29.6 Å². The maximum Gasteiger partial charge on any atom is 0.246 e. The fourth-order valence-corrected chi connectivity index (χ4v) is 3.14. The van der Waals surface area contributed by atoms with Gasteiger partial charge in [-0.2, -0.15) is 0 Å². The van der Waals surface area contributed by atoms with E-state index < -0.39 is 6.04 Å². The Balaban J connectivity index is 1.79. The van der Waals surface area contributed by atoms with Gasteiger partial charge >= 0.3 is 0 Å². The van der Waals surface area contributed by atoms with Gasteiger partial charge in [0.05, 0.1) is 12.3 Å². The number of nitrogens with one attached hydrogen (secondary N) is 2. The normalized spacial score (nSPS) is 11.6. The van der Waals surface area contributed by atoms with E-state index in [-0.39, 0.29) is 5.91 Å². The second-order valence-corrected chi connectivity index (χ2v) is 6.71. The molecule has 3 rings (SSSR count). The first-order valence-corrected chi connectivity index (χ1v) is 9.60. The Hall–Kier alpha value is -2.82. The van der Waals surface area contributed by atoms with Crippen molar-refractivity contribution in [1.82, 2.24) is 5.32 Å². The highest BCUT2D eigenvalue weighted by atomic mass is 35.5. The van der Waals surface area contributed by atoms with Gasteiger partial charge in [0.2, 0.25) is 5.91 Å². The van der Waals surface area contributed by atoms with Gasteiger partial charge in [0.15, 0.2) is 0 Å². The van der Waals surface area contributed by atoms with Crippen molar-refractivity contribution >= 4 is 23.2 Å². The zero-order valence-corrected chi connectivity index (χ0v) is 16.4. The molecular weight excluding hydrogens is 372 g/mol. The van der Waals surface area contributed by atoms with Gasteiger partial charge in [0.1, 0.15) is 11.8 Å². The molecule has 5 heteroatoms. The predicted molar refractivity (Wildman–Crippen MR) is 114 cm³/mol. The smallest absolute Gasteiger partial charge is 0.246 e. The fourth-order valence-electron chi connectivity index (χ4n) is 2.93. The quantitative estimate of drug-likeness (QED) is 0.551. The number of halogens is 1. The molecule has 0 radical (unpaired) electrons. The van der Waals surface area contributed by atoms with Crippen molar-refractivity contribution in [3.05, 3.63) is 95.0 Å². The minimum atomic E-state index is -0.519. The predicted octanol–water partition coefficient (Wildman–Crippen LogP) is 5.21. The summed E-state index contributed by atoms with van der Waals surface area (Å²) in [5, 5.41) is 7.00. The minimum absolute atomic E-state index is 0.152. The average molecular weight is 395 g/mol. The van der Waals surface area contributed by atoms with Crippen LogP contribution in [0.15, 0.2) is 78.9 Å². The van der Waals surface area contributed by atoms with Gasteiger partial charge in [-0.1, -0.05) is 66.2 Å². The van der Waals surface area contributed by atoms with E-state index in [1.54, 1.807) is 0 Å². The van der Waals surface area contributed by atoms with Gasteiger partial charge < -0.3 is 10.1 Å². The molecule has 1 atom stereocenters. The first-order chi connectivity index (χ1) is 13.7. The highest BCUT2D eigenvalue weighted by Gasteiger charge is 2.21. The number of carbonyl (C=O) groups excluding carboxylic acids is 1. The van der Waals surface area contributed by atoms with Crippen molar-refractivity contribution in [3.8, 4) is 5.75 Å². The van der Waals surface area contributed by atoms with Crippen molar-refractivity contribution in [2.45, 2.75) is 19.5 Å². The summed E-state index contributed by atoms with van der Waals surface area (Å²) >= 11 is 6.07. The monoisotopic (exact) mass is 394 g/mol. The highest BCUT2D eigenvalue weighted by molar-refractivity contribution is 6.30. The number of carbonyl (C=O) groups is 1. The summed E-state index contributed by atoms with van der Waals surface area (Å²) in [5.41, 5.74) is 2.55. The number of hydrogen-bond donors (Lipinski definition) is 2. The topological polar surface area (TPSA) is 50.4 Å². The van der Waals surface area contributed by atoms with Crippen LogP contribution in [0.2, 0.25) is 5.02 Å². The maximum atomic E-state index is 13.1. The standard InChI is InChI=1S/C23H23ClN2O2/c1-2-28-21-14-7-6-13-20(21)26-23(27)22(18-10-4-3-5-11-18)25-16-17-9-8-12-19(24)15-17/h3-15,22,25H,2,16H2,1H3,(H,26,27). The number of anilines is 1. The molecule has 1 amide bonds. The molecule has 4 nitrogen and oxygen atoms in total. The average Bonchev–Trinajstić information content (AvgIpc) is 2.71. The molecule has 0 aliphatic carbocycles. The van der Waals surface area contributed by atoms with E-state index in [9.17, 15) is 4.79 Å². The number of benzene rings is 3. The maximum absolute atomic E-state index is 13.1. The third-order valence-electron chi connectivity index (χ3n) is 4.24. The van der Waals surface area contributed by atoms with Gasteiger partial charge in [-0.15, -0.1) is 0 Å². The molecule has 1 unspecified atom stereocenters. The number of para-hydroxylation sites is 2. The van der Waals surface area contributed by atoms with Crippen LogP contribution in [0.1, 0.15) is 24.1 Å². The molecule has 3 aromatic rings. The van der Waals surface area contributed by atoms with Gasteiger partial charge in [-0.25, -0.2) is 0 Å². The summed E-state index contributed by atoms with van der Waals surface area (Å²) in [6.45, 7) is 2.96. The number of hydrogen-bond acceptors (Lipinski definition) is 3. The Labute approximate surface area is 170 Å². The molecule has 0 saturated carbocycles. The van der Waals surface area contributed by atoms with E-state index in [1.807, 2.05) is 85.8 Å². The first-order valence-electron chi connectivity index (χ1n) is 9.23. The van der Waals surface area contributed by atoms with Crippen molar-refractivity contribution in [3.63, 3.8) is 0 Å². The molecule has 0 spiro atoms. The van der Waals surface area contributed by atoms with Crippen molar-refractivity contribution in [2.75, 3.05) is 11.9 Å². The summed E-state index contributed by atoms with van der Waals surface area (Å²) in [6, 6.07) is 24.1. The lowest BCUT2D eigenvalue weighted by molar-refractivity contribution is -0.118. The molecule has 0 heterocycles. The van der Waals surface area contributed by atoms with E-state index >= 15 is 0 Å². The van der Waals surface area contributed by atoms with Crippen molar-refractivity contribution in [1.29, 1.82) is 0 Å². The summed E-state index contributed by atoms with van der Waals surface area (Å²) in [6.07, 6.45) is 0. The molecule has 0 fully saturated rings. The second kappa shape index (κ2) is 9.93. The van der Waals surface area contributed by atoms with Crippen LogP contribution in [-0.2, 0) is 11.3 Å². The van der Waals surface area contributed by atoms with Crippen LogP contribution in [0.25, 0.3) is 0 Å². The molecule has 144 valence electrons. The molecule has 0 aliphatic heterocycles. The molecule has 0 aliphatic rings. The van der Waals surface area contributed by atoms with Crippen LogP contribution >= 0.6 is 11.6 Å². The third-order valence-corrected chi connectivity index (χ3v) is 4.47. The Morgan fingerprint density at radius 1 is 1.00 bits per heavy atom. The first kappa shape index (κ1) is 19.9. The molecule has 0 bridgehead atoms. The molecule has 2 N–H and O–H groups in total. The fraction of sp³-hybridized carbons (Fsp3) is 0.174. The minimum Gasteiger partial charge on any atom is -0.492 e. The van der Waals surface area contributed by atoms with E-state index in [1.165, 1.54) is 0 Å². The molecule has 0 aromatic heterocycles. The highest BCUT2D eigenvalue weighted by Crippen LogP contribution is 2.25. The Morgan fingerprint density at radius 2 is 1.75 bits per heavy atom. The second-order valence-electron chi connectivity index (χ2n) is 6.27. The number of ether oxygens (including phenoxy) is 1. The lowest BCUT2D eigenvalue weighted by atomic mass is 10.1. The Kier molecular flexibility index (Phi) is 7.06. The summed E-state index contributed by atoms with van der Waals surface area (Å²) in [4.78, 5) is 13.1. The summed E-state index contributed by atoms with van der Waals surface area (Å²) in [7, 11) is 0. The molecule has 28 heavy (non-hydrogen) atoms. The van der Waals surface area contributed by atoms with Gasteiger partial charge in [0.25, 0.3) is 0 Å². The SMILES string of the molecule is CCOc1ccccc1NC(=O)C(NCc1cccc(Cl)c1)c1ccccc1. The zero-order chi connectivity index (χ0) is 19.8. The zero-order valence-electron chi connectivity index (χ0n) is 15.7. The van der Waals surface area contributed by atoms with E-state index in [0.717, 1.165) is 11.1 Å². The Morgan fingerprint density at radius 3 is 2.50 bits per heavy atom. The molecular formula is C23H23ClN2O2. The molecule has 3 aromatic carbocycles. The van der Waals surface area contributed by atoms with Gasteiger partial charge in [-0.3, -0.25) is 10.1 Å². The Bertz CT molecular complexity index is 915. The lowest BCUT2D eigenvalue weighted by Gasteiger charge is -2.20. The van der Waals surface area contributed by atoms with E-state index in [2.05, 4.69) is 10.6 Å².